The summed E-state index contributed by atoms with van der Waals surface area (Å²) in [6.45, 7) is 0.557. The van der Waals surface area contributed by atoms with Crippen molar-refractivity contribution in [1.29, 1.82) is 0 Å². The Hall–Kier alpha value is -1.59. The van der Waals surface area contributed by atoms with Gasteiger partial charge in [0.05, 0.1) is 16.3 Å². The van der Waals surface area contributed by atoms with E-state index in [1.807, 2.05) is 0 Å². The van der Waals surface area contributed by atoms with Gasteiger partial charge in [0.2, 0.25) is 5.91 Å². The lowest BCUT2D eigenvalue weighted by Gasteiger charge is -2.07. The number of amides is 1. The van der Waals surface area contributed by atoms with Crippen molar-refractivity contribution < 1.29 is 14.7 Å². The van der Waals surface area contributed by atoms with Crippen LogP contribution in [0, 0.1) is 0 Å². The zero-order chi connectivity index (χ0) is 13.5. The molecule has 1 amide bonds. The van der Waals surface area contributed by atoms with Crippen molar-refractivity contribution in [3.63, 3.8) is 0 Å². The minimum absolute atomic E-state index is 0.0844. The van der Waals surface area contributed by atoms with Gasteiger partial charge in [-0.3, -0.25) is 4.79 Å². The Labute approximate surface area is 110 Å². The van der Waals surface area contributed by atoms with E-state index in [1.165, 1.54) is 18.2 Å². The van der Waals surface area contributed by atoms with Crippen molar-refractivity contribution in [3.8, 4) is 0 Å². The van der Waals surface area contributed by atoms with Gasteiger partial charge in [-0.25, -0.2) is 4.79 Å². The van der Waals surface area contributed by atoms with Gasteiger partial charge in [0.25, 0.3) is 0 Å². The molecule has 0 aromatic heterocycles. The summed E-state index contributed by atoms with van der Waals surface area (Å²) in [6, 6.07) is 4.18. The number of carbonyl (C=O) groups excluding carboxylic acids is 1. The predicted molar refractivity (Wildman–Crippen MR) is 69.9 cm³/mol. The van der Waals surface area contributed by atoms with Crippen LogP contribution in [0.5, 0.6) is 0 Å². The standard InChI is InChI=1S/C12H15ClN2O3/c13-9-7-8(12(17)18)4-5-10(9)15-11(16)3-1-2-6-14/h4-5,7H,1-3,6,14H2,(H,15,16)(H,17,18). The van der Waals surface area contributed by atoms with Crippen LogP contribution in [-0.2, 0) is 4.79 Å². The fraction of sp³-hybridized carbons (Fsp3) is 0.333. The van der Waals surface area contributed by atoms with Crippen LogP contribution < -0.4 is 11.1 Å². The Morgan fingerprint density at radius 3 is 2.61 bits per heavy atom. The summed E-state index contributed by atoms with van der Waals surface area (Å²) in [7, 11) is 0. The first-order valence-corrected chi connectivity index (χ1v) is 5.95. The van der Waals surface area contributed by atoms with Gasteiger partial charge in [0.1, 0.15) is 0 Å². The molecule has 98 valence electrons. The van der Waals surface area contributed by atoms with E-state index in [1.54, 1.807) is 0 Å². The Morgan fingerprint density at radius 2 is 2.06 bits per heavy atom. The van der Waals surface area contributed by atoms with Gasteiger partial charge in [0, 0.05) is 6.42 Å². The number of nitrogens with one attached hydrogen (secondary N) is 1. The van der Waals surface area contributed by atoms with Crippen molar-refractivity contribution in [2.24, 2.45) is 5.73 Å². The Morgan fingerprint density at radius 1 is 1.33 bits per heavy atom. The number of rotatable bonds is 6. The SMILES string of the molecule is NCCCCC(=O)Nc1ccc(C(=O)O)cc1Cl. The van der Waals surface area contributed by atoms with E-state index in [0.29, 0.717) is 25.1 Å². The number of hydrogen-bond acceptors (Lipinski definition) is 3. The summed E-state index contributed by atoms with van der Waals surface area (Å²) in [5.41, 5.74) is 5.83. The molecule has 0 bridgehead atoms. The number of anilines is 1. The zero-order valence-electron chi connectivity index (χ0n) is 9.78. The molecule has 0 aliphatic heterocycles. The van der Waals surface area contributed by atoms with Crippen molar-refractivity contribution >= 4 is 29.2 Å². The first-order valence-electron chi connectivity index (χ1n) is 5.57. The van der Waals surface area contributed by atoms with Gasteiger partial charge in [-0.05, 0) is 37.6 Å². The second-order valence-corrected chi connectivity index (χ2v) is 4.20. The highest BCUT2D eigenvalue weighted by molar-refractivity contribution is 6.34. The summed E-state index contributed by atoms with van der Waals surface area (Å²) < 4.78 is 0. The highest BCUT2D eigenvalue weighted by atomic mass is 35.5. The average Bonchev–Trinajstić information content (AvgIpc) is 2.32. The van der Waals surface area contributed by atoms with E-state index in [-0.39, 0.29) is 16.5 Å². The van der Waals surface area contributed by atoms with E-state index in [4.69, 9.17) is 22.4 Å². The first kappa shape index (κ1) is 14.5. The molecule has 0 aliphatic carbocycles. The summed E-state index contributed by atoms with van der Waals surface area (Å²) in [4.78, 5) is 22.2. The summed E-state index contributed by atoms with van der Waals surface area (Å²) in [6.07, 6.45) is 1.88. The maximum absolute atomic E-state index is 11.5. The Bertz CT molecular complexity index is 449. The number of benzene rings is 1. The topological polar surface area (TPSA) is 92.4 Å². The van der Waals surface area contributed by atoms with Gasteiger partial charge in [-0.2, -0.15) is 0 Å². The molecular weight excluding hydrogens is 256 g/mol. The molecule has 6 heteroatoms. The van der Waals surface area contributed by atoms with Crippen molar-refractivity contribution in [1.82, 2.24) is 0 Å². The molecule has 0 spiro atoms. The van der Waals surface area contributed by atoms with Crippen molar-refractivity contribution in [3.05, 3.63) is 28.8 Å². The van der Waals surface area contributed by atoms with Gasteiger partial charge in [0.15, 0.2) is 0 Å². The van der Waals surface area contributed by atoms with E-state index >= 15 is 0 Å². The van der Waals surface area contributed by atoms with E-state index in [0.717, 1.165) is 6.42 Å². The molecule has 0 unspecified atom stereocenters. The number of carboxylic acids is 1. The molecule has 0 saturated carbocycles. The molecule has 5 nitrogen and oxygen atoms in total. The summed E-state index contributed by atoms with van der Waals surface area (Å²) in [5, 5.41) is 11.6. The molecule has 18 heavy (non-hydrogen) atoms. The number of carboxylic acid groups (broad SMARTS) is 1. The number of halogens is 1. The molecule has 0 saturated heterocycles. The largest absolute Gasteiger partial charge is 0.478 e. The van der Waals surface area contributed by atoms with Gasteiger partial charge < -0.3 is 16.2 Å². The lowest BCUT2D eigenvalue weighted by molar-refractivity contribution is -0.116. The minimum atomic E-state index is -1.06. The molecule has 0 radical (unpaired) electrons. The number of nitrogens with two attached hydrogens (primary N) is 1. The third-order valence-corrected chi connectivity index (χ3v) is 2.66. The van der Waals surface area contributed by atoms with Gasteiger partial charge in [-0.15, -0.1) is 0 Å². The van der Waals surface area contributed by atoms with E-state index in [2.05, 4.69) is 5.32 Å². The molecule has 1 aromatic carbocycles. The second kappa shape index (κ2) is 6.98. The maximum Gasteiger partial charge on any atom is 0.335 e. The van der Waals surface area contributed by atoms with Crippen LogP contribution >= 0.6 is 11.6 Å². The van der Waals surface area contributed by atoms with Crippen LogP contribution in [0.2, 0.25) is 5.02 Å². The Balaban J connectivity index is 2.62. The number of carbonyl (C=O) groups is 2. The smallest absolute Gasteiger partial charge is 0.335 e. The van der Waals surface area contributed by atoms with E-state index in [9.17, 15) is 9.59 Å². The average molecular weight is 271 g/mol. The van der Waals surface area contributed by atoms with Crippen molar-refractivity contribution in [2.75, 3.05) is 11.9 Å². The van der Waals surface area contributed by atoms with Crippen LogP contribution in [0.1, 0.15) is 29.6 Å². The fourth-order valence-corrected chi connectivity index (χ4v) is 1.62. The molecular formula is C12H15ClN2O3. The highest BCUT2D eigenvalue weighted by Crippen LogP contribution is 2.23. The summed E-state index contributed by atoms with van der Waals surface area (Å²) in [5.74, 6) is -1.22. The molecule has 0 aliphatic rings. The monoisotopic (exact) mass is 270 g/mol. The third-order valence-electron chi connectivity index (χ3n) is 2.35. The van der Waals surface area contributed by atoms with Gasteiger partial charge in [-0.1, -0.05) is 11.6 Å². The molecule has 1 aromatic rings. The van der Waals surface area contributed by atoms with Crippen molar-refractivity contribution in [2.45, 2.75) is 19.3 Å². The quantitative estimate of drug-likeness (QED) is 0.690. The Kier molecular flexibility index (Phi) is 5.61. The van der Waals surface area contributed by atoms with Crippen LogP contribution in [0.4, 0.5) is 5.69 Å². The van der Waals surface area contributed by atoms with Crippen LogP contribution in [0.15, 0.2) is 18.2 Å². The molecule has 0 fully saturated rings. The maximum atomic E-state index is 11.5. The third kappa shape index (κ3) is 4.35. The number of aromatic carboxylic acids is 1. The predicted octanol–water partition coefficient (Wildman–Crippen LogP) is 2.11. The molecule has 4 N–H and O–H groups in total. The van der Waals surface area contributed by atoms with Crippen LogP contribution in [0.3, 0.4) is 0 Å². The number of hydrogen-bond donors (Lipinski definition) is 3. The second-order valence-electron chi connectivity index (χ2n) is 3.79. The van der Waals surface area contributed by atoms with Gasteiger partial charge >= 0.3 is 5.97 Å². The lowest BCUT2D eigenvalue weighted by atomic mass is 10.2. The van der Waals surface area contributed by atoms with Crippen LogP contribution in [0.25, 0.3) is 0 Å². The zero-order valence-corrected chi connectivity index (χ0v) is 10.5. The highest BCUT2D eigenvalue weighted by Gasteiger charge is 2.09. The minimum Gasteiger partial charge on any atom is -0.478 e. The molecule has 0 heterocycles. The number of unbranched alkanes of at least 4 members (excludes halogenated alkanes) is 1. The van der Waals surface area contributed by atoms with Crippen LogP contribution in [-0.4, -0.2) is 23.5 Å². The summed E-state index contributed by atoms with van der Waals surface area (Å²) >= 11 is 5.88. The lowest BCUT2D eigenvalue weighted by Crippen LogP contribution is -2.12. The fourth-order valence-electron chi connectivity index (χ4n) is 1.39. The first-order chi connectivity index (χ1) is 8.54. The molecule has 0 atom stereocenters. The molecule has 1 rings (SSSR count). The van der Waals surface area contributed by atoms with E-state index < -0.39 is 5.97 Å². The normalized spacial score (nSPS) is 10.1.